The first-order valence-electron chi connectivity index (χ1n) is 13.0. The van der Waals surface area contributed by atoms with Gasteiger partial charge in [0.15, 0.2) is 0 Å². The number of sulfonamides is 1. The molecule has 2 aromatic carbocycles. The number of likely N-dealkylation sites (tertiary alicyclic amines) is 2. The molecule has 3 atom stereocenters. The van der Waals surface area contributed by atoms with Crippen molar-refractivity contribution in [2.45, 2.75) is 50.2 Å². The molecule has 12 heteroatoms. The second-order valence-electron chi connectivity index (χ2n) is 11.3. The Morgan fingerprint density at radius 2 is 1.68 bits per heavy atom. The minimum Gasteiger partial charge on any atom is -0.339 e. The first kappa shape index (κ1) is 28.5. The van der Waals surface area contributed by atoms with E-state index >= 15 is 0 Å². The smallest absolute Gasteiger partial charge is 0.262 e. The van der Waals surface area contributed by atoms with Gasteiger partial charge in [-0.05, 0) is 53.6 Å². The van der Waals surface area contributed by atoms with Crippen molar-refractivity contribution < 1.29 is 22.8 Å². The number of carbonyl (C=O) groups is 3. The average molecular weight is 603 g/mol. The average Bonchev–Trinajstić information content (AvgIpc) is 3.64. The summed E-state index contributed by atoms with van der Waals surface area (Å²) in [6.07, 6.45) is 0.614. The molecule has 2 saturated heterocycles. The molecular weight excluding hydrogens is 572 g/mol. The van der Waals surface area contributed by atoms with Crippen LogP contribution in [0.3, 0.4) is 0 Å². The number of piperazine rings is 1. The van der Waals surface area contributed by atoms with Crippen molar-refractivity contribution in [2.24, 2.45) is 5.41 Å². The summed E-state index contributed by atoms with van der Waals surface area (Å²) in [4.78, 5) is 43.8. The van der Waals surface area contributed by atoms with Crippen LogP contribution in [-0.4, -0.2) is 73.7 Å². The lowest BCUT2D eigenvalue weighted by Crippen LogP contribution is -2.59. The maximum atomic E-state index is 13.7. The van der Waals surface area contributed by atoms with Gasteiger partial charge in [-0.15, -0.1) is 11.3 Å². The third-order valence-electron chi connectivity index (χ3n) is 7.42. The normalized spacial score (nSPS) is 19.7. The quantitative estimate of drug-likeness (QED) is 0.430. The molecule has 212 valence electrons. The summed E-state index contributed by atoms with van der Waals surface area (Å²) in [5, 5.41) is 4.37. The van der Waals surface area contributed by atoms with E-state index in [9.17, 15) is 22.8 Å². The highest BCUT2D eigenvalue weighted by molar-refractivity contribution is 7.89. The Labute approximate surface area is 242 Å². The molecule has 3 aromatic rings. The molecule has 0 saturated carbocycles. The van der Waals surface area contributed by atoms with E-state index in [2.05, 4.69) is 10.0 Å². The van der Waals surface area contributed by atoms with Crippen molar-refractivity contribution >= 4 is 60.8 Å². The van der Waals surface area contributed by atoms with Crippen LogP contribution in [0.4, 0.5) is 0 Å². The molecule has 2 aliphatic rings. The van der Waals surface area contributed by atoms with Gasteiger partial charge in [-0.25, -0.2) is 13.1 Å². The fourth-order valence-corrected chi connectivity index (χ4v) is 7.37. The van der Waals surface area contributed by atoms with E-state index in [-0.39, 0.29) is 41.2 Å². The molecule has 40 heavy (non-hydrogen) atoms. The summed E-state index contributed by atoms with van der Waals surface area (Å²) in [6.45, 7) is 6.02. The molecule has 0 spiro atoms. The maximum absolute atomic E-state index is 13.7. The predicted molar refractivity (Wildman–Crippen MR) is 155 cm³/mol. The highest BCUT2D eigenvalue weighted by Gasteiger charge is 2.49. The zero-order chi connectivity index (χ0) is 28.8. The standard InChI is InChI=1S/C28H31ClN4O5S2/c1-28(2,3)25(31-26(35)23-12-17-6-4-5-7-22(17)39-23)27(36)33-16-19-13-20(33)15-32(19)24(34)14-30-40(37,38)21-10-8-18(29)9-11-21/h4-12,19-20,25,30H,13-16H2,1-3H3,(H,31,35)/t19-,20-,25?/m0/s1. The lowest BCUT2D eigenvalue weighted by molar-refractivity contribution is -0.142. The number of halogens is 1. The van der Waals surface area contributed by atoms with Gasteiger partial charge in [0.05, 0.1) is 28.4 Å². The van der Waals surface area contributed by atoms with Crippen LogP contribution in [0.1, 0.15) is 36.9 Å². The summed E-state index contributed by atoms with van der Waals surface area (Å²) in [7, 11) is -3.87. The van der Waals surface area contributed by atoms with Gasteiger partial charge in [-0.1, -0.05) is 50.6 Å². The second kappa shape index (κ2) is 10.8. The number of nitrogens with zero attached hydrogens (tertiary/aromatic N) is 2. The molecule has 2 bridgehead atoms. The third-order valence-corrected chi connectivity index (χ3v) is 10.2. The number of rotatable bonds is 7. The van der Waals surface area contributed by atoms with Crippen LogP contribution in [0.25, 0.3) is 10.1 Å². The molecule has 2 fully saturated rings. The number of benzene rings is 2. The molecule has 3 amide bonds. The van der Waals surface area contributed by atoms with Crippen molar-refractivity contribution in [2.75, 3.05) is 19.6 Å². The molecule has 9 nitrogen and oxygen atoms in total. The highest BCUT2D eigenvalue weighted by Crippen LogP contribution is 2.34. The van der Waals surface area contributed by atoms with Crippen LogP contribution >= 0.6 is 22.9 Å². The Kier molecular flexibility index (Phi) is 7.68. The number of fused-ring (bicyclic) bond motifs is 3. The number of carbonyl (C=O) groups excluding carboxylic acids is 3. The van der Waals surface area contributed by atoms with E-state index in [0.717, 1.165) is 10.1 Å². The minimum atomic E-state index is -3.87. The highest BCUT2D eigenvalue weighted by atomic mass is 35.5. The fraction of sp³-hybridized carbons (Fsp3) is 0.393. The molecule has 0 aliphatic carbocycles. The lowest BCUT2D eigenvalue weighted by Gasteiger charge is -2.39. The van der Waals surface area contributed by atoms with Crippen molar-refractivity contribution in [3.8, 4) is 0 Å². The molecule has 1 unspecified atom stereocenters. The van der Waals surface area contributed by atoms with Gasteiger partial charge < -0.3 is 15.1 Å². The third kappa shape index (κ3) is 5.74. The van der Waals surface area contributed by atoms with Gasteiger partial charge in [-0.3, -0.25) is 14.4 Å². The zero-order valence-corrected chi connectivity index (χ0v) is 24.8. The molecule has 3 heterocycles. The van der Waals surface area contributed by atoms with Crippen LogP contribution in [-0.2, 0) is 19.6 Å². The van der Waals surface area contributed by atoms with Gasteiger partial charge in [-0.2, -0.15) is 0 Å². The topological polar surface area (TPSA) is 116 Å². The van der Waals surface area contributed by atoms with Crippen LogP contribution < -0.4 is 10.0 Å². The Morgan fingerprint density at radius 1 is 1.02 bits per heavy atom. The van der Waals surface area contributed by atoms with Crippen LogP contribution in [0.5, 0.6) is 0 Å². The largest absolute Gasteiger partial charge is 0.339 e. The molecule has 1 aromatic heterocycles. The molecule has 0 radical (unpaired) electrons. The van der Waals surface area contributed by atoms with Crippen LogP contribution in [0.2, 0.25) is 5.02 Å². The second-order valence-corrected chi connectivity index (χ2v) is 14.6. The van der Waals surface area contributed by atoms with E-state index < -0.39 is 21.5 Å². The van der Waals surface area contributed by atoms with E-state index in [1.54, 1.807) is 9.80 Å². The Bertz CT molecular complexity index is 1530. The molecular formula is C28H31ClN4O5S2. The summed E-state index contributed by atoms with van der Waals surface area (Å²) >= 11 is 7.22. The first-order valence-corrected chi connectivity index (χ1v) is 15.7. The maximum Gasteiger partial charge on any atom is 0.262 e. The Balaban J connectivity index is 1.21. The Morgan fingerprint density at radius 3 is 2.30 bits per heavy atom. The zero-order valence-electron chi connectivity index (χ0n) is 22.4. The summed E-state index contributed by atoms with van der Waals surface area (Å²) < 4.78 is 28.5. The van der Waals surface area contributed by atoms with Crippen molar-refractivity contribution in [3.05, 3.63) is 64.5 Å². The summed E-state index contributed by atoms with van der Waals surface area (Å²) in [5.74, 6) is -0.809. The van der Waals surface area contributed by atoms with Gasteiger partial charge >= 0.3 is 0 Å². The SMILES string of the molecule is CC(C)(C)C(NC(=O)c1cc2ccccc2s1)C(=O)N1C[C@@H]2C[C@H]1CN2C(=O)CNS(=O)(=O)c1ccc(Cl)cc1. The van der Waals surface area contributed by atoms with Crippen molar-refractivity contribution in [1.29, 1.82) is 0 Å². The Hall–Kier alpha value is -2.99. The monoisotopic (exact) mass is 602 g/mol. The van der Waals surface area contributed by atoms with Gasteiger partial charge in [0.2, 0.25) is 21.8 Å². The summed E-state index contributed by atoms with van der Waals surface area (Å²) in [5.41, 5.74) is -0.541. The van der Waals surface area contributed by atoms with E-state index in [4.69, 9.17) is 11.6 Å². The minimum absolute atomic E-state index is 0.0235. The number of hydrogen-bond acceptors (Lipinski definition) is 6. The number of thiophene rings is 1. The van der Waals surface area contributed by atoms with E-state index in [0.29, 0.717) is 29.4 Å². The molecule has 5 rings (SSSR count). The van der Waals surface area contributed by atoms with Crippen molar-refractivity contribution in [1.82, 2.24) is 19.8 Å². The molecule has 2 N–H and O–H groups in total. The predicted octanol–water partition coefficient (Wildman–Crippen LogP) is 3.49. The van der Waals surface area contributed by atoms with Gasteiger partial charge in [0.25, 0.3) is 5.91 Å². The van der Waals surface area contributed by atoms with Crippen LogP contribution in [0, 0.1) is 5.41 Å². The fourth-order valence-electron chi connectivity index (χ4n) is 5.31. The van der Waals surface area contributed by atoms with Gasteiger partial charge in [0.1, 0.15) is 6.04 Å². The number of nitrogens with one attached hydrogen (secondary N) is 2. The molecule has 2 aliphatic heterocycles. The number of amides is 3. The van der Waals surface area contributed by atoms with Gasteiger partial charge in [0, 0.05) is 22.8 Å². The van der Waals surface area contributed by atoms with Crippen molar-refractivity contribution in [3.63, 3.8) is 0 Å². The van der Waals surface area contributed by atoms with Crippen LogP contribution in [0.15, 0.2) is 59.5 Å². The first-order chi connectivity index (χ1) is 18.8. The van der Waals surface area contributed by atoms with E-state index in [1.807, 2.05) is 51.1 Å². The summed E-state index contributed by atoms with van der Waals surface area (Å²) in [6, 6.07) is 14.1. The lowest BCUT2D eigenvalue weighted by atomic mass is 9.85. The number of hydrogen-bond donors (Lipinski definition) is 2. The van der Waals surface area contributed by atoms with E-state index in [1.165, 1.54) is 35.6 Å².